The molecule has 0 aliphatic heterocycles. The molecule has 0 fully saturated rings. The van der Waals surface area contributed by atoms with E-state index < -0.39 is 0 Å². The molecule has 0 aliphatic carbocycles. The fourth-order valence-corrected chi connectivity index (χ4v) is 6.76. The van der Waals surface area contributed by atoms with Gasteiger partial charge in [-0.3, -0.25) is 0 Å². The summed E-state index contributed by atoms with van der Waals surface area (Å²) in [6.45, 7) is 0. The molecule has 0 amide bonds. The highest BCUT2D eigenvalue weighted by Crippen LogP contribution is 2.38. The van der Waals surface area contributed by atoms with Crippen LogP contribution in [-0.2, 0) is 0 Å². The van der Waals surface area contributed by atoms with E-state index in [1.165, 1.54) is 44.2 Å². The zero-order valence-electron chi connectivity index (χ0n) is 26.3. The number of para-hydroxylation sites is 2. The lowest BCUT2D eigenvalue weighted by molar-refractivity contribution is 0.669. The fourth-order valence-electron chi connectivity index (χ4n) is 6.76. The van der Waals surface area contributed by atoms with Gasteiger partial charge in [-0.1, -0.05) is 127 Å². The van der Waals surface area contributed by atoms with Gasteiger partial charge in [0, 0.05) is 27.8 Å². The molecule has 0 aliphatic rings. The molecule has 0 atom stereocenters. The Morgan fingerprint density at radius 3 is 1.42 bits per heavy atom. The molecule has 226 valence electrons. The lowest BCUT2D eigenvalue weighted by atomic mass is 9.99. The monoisotopic (exact) mass is 613 g/mol. The number of nitrogens with zero attached hydrogens (tertiary/aromatic N) is 1. The third-order valence-corrected chi connectivity index (χ3v) is 9.26. The Labute approximate surface area is 279 Å². The standard InChI is InChI=1S/C46H31NO/c1-3-9-32(10-4-1)33-15-17-34(18-16-33)35-21-25-41(26-22-35)47(40-11-5-2-6-12-40)42-27-23-36(24-28-42)37-19-20-38-30-44-43-13-7-8-14-45(43)48-46(44)31-39(38)29-37/h1-31H. The highest BCUT2D eigenvalue weighted by atomic mass is 16.3. The van der Waals surface area contributed by atoms with Gasteiger partial charge in [-0.2, -0.15) is 0 Å². The smallest absolute Gasteiger partial charge is 0.136 e. The first-order valence-electron chi connectivity index (χ1n) is 16.3. The van der Waals surface area contributed by atoms with Crippen LogP contribution in [0.1, 0.15) is 0 Å². The third-order valence-electron chi connectivity index (χ3n) is 9.26. The first-order chi connectivity index (χ1) is 23.8. The second-order valence-corrected chi connectivity index (χ2v) is 12.2. The summed E-state index contributed by atoms with van der Waals surface area (Å²) in [6.07, 6.45) is 0. The van der Waals surface area contributed by atoms with Gasteiger partial charge in [0.1, 0.15) is 11.2 Å². The molecule has 0 radical (unpaired) electrons. The predicted octanol–water partition coefficient (Wildman–Crippen LogP) is 13.2. The van der Waals surface area contributed by atoms with E-state index in [4.69, 9.17) is 4.42 Å². The second kappa shape index (κ2) is 11.8. The first-order valence-corrected chi connectivity index (χ1v) is 16.3. The van der Waals surface area contributed by atoms with E-state index in [1.54, 1.807) is 0 Å². The summed E-state index contributed by atoms with van der Waals surface area (Å²) < 4.78 is 6.18. The maximum atomic E-state index is 6.18. The van der Waals surface area contributed by atoms with Crippen LogP contribution in [0.4, 0.5) is 17.1 Å². The van der Waals surface area contributed by atoms with Gasteiger partial charge in [-0.05, 0) is 105 Å². The van der Waals surface area contributed by atoms with Crippen LogP contribution >= 0.6 is 0 Å². The second-order valence-electron chi connectivity index (χ2n) is 12.2. The van der Waals surface area contributed by atoms with Crippen LogP contribution in [0.25, 0.3) is 66.1 Å². The quantitative estimate of drug-likeness (QED) is 0.185. The van der Waals surface area contributed by atoms with Gasteiger partial charge in [0.15, 0.2) is 0 Å². The Morgan fingerprint density at radius 2 is 0.771 bits per heavy atom. The Kier molecular flexibility index (Phi) is 6.84. The van der Waals surface area contributed by atoms with Crippen LogP contribution in [0.5, 0.6) is 0 Å². The van der Waals surface area contributed by atoms with Crippen molar-refractivity contribution in [2.45, 2.75) is 0 Å². The number of anilines is 3. The van der Waals surface area contributed by atoms with Crippen molar-refractivity contribution in [2.24, 2.45) is 0 Å². The largest absolute Gasteiger partial charge is 0.456 e. The fraction of sp³-hybridized carbons (Fsp3) is 0. The van der Waals surface area contributed by atoms with Crippen molar-refractivity contribution >= 4 is 49.8 Å². The van der Waals surface area contributed by atoms with Gasteiger partial charge in [0.05, 0.1) is 0 Å². The highest BCUT2D eigenvalue weighted by Gasteiger charge is 2.14. The number of hydrogen-bond donors (Lipinski definition) is 0. The molecule has 0 N–H and O–H groups in total. The van der Waals surface area contributed by atoms with Gasteiger partial charge < -0.3 is 9.32 Å². The minimum atomic E-state index is 0.921. The number of furan rings is 1. The van der Waals surface area contributed by atoms with E-state index in [-0.39, 0.29) is 0 Å². The van der Waals surface area contributed by atoms with E-state index >= 15 is 0 Å². The number of benzene rings is 8. The van der Waals surface area contributed by atoms with Crippen LogP contribution in [-0.4, -0.2) is 0 Å². The van der Waals surface area contributed by atoms with Crippen molar-refractivity contribution in [3.05, 3.63) is 188 Å². The molecule has 0 spiro atoms. The number of fused-ring (bicyclic) bond motifs is 4. The minimum absolute atomic E-state index is 0.921. The Bertz CT molecular complexity index is 2510. The molecule has 48 heavy (non-hydrogen) atoms. The number of hydrogen-bond acceptors (Lipinski definition) is 2. The average Bonchev–Trinajstić information content (AvgIpc) is 3.52. The first kappa shape index (κ1) is 27.9. The van der Waals surface area contributed by atoms with E-state index in [0.717, 1.165) is 39.0 Å². The van der Waals surface area contributed by atoms with Gasteiger partial charge >= 0.3 is 0 Å². The predicted molar refractivity (Wildman–Crippen MR) is 202 cm³/mol. The molecule has 9 aromatic rings. The van der Waals surface area contributed by atoms with Crippen molar-refractivity contribution in [3.8, 4) is 33.4 Å². The Balaban J connectivity index is 1.02. The molecule has 1 aromatic heterocycles. The zero-order valence-corrected chi connectivity index (χ0v) is 26.3. The third kappa shape index (κ3) is 5.10. The summed E-state index contributed by atoms with van der Waals surface area (Å²) in [5, 5.41) is 4.69. The van der Waals surface area contributed by atoms with Crippen molar-refractivity contribution in [1.82, 2.24) is 0 Å². The molecule has 8 aromatic carbocycles. The number of rotatable bonds is 6. The summed E-state index contributed by atoms with van der Waals surface area (Å²) in [6, 6.07) is 66.9. The van der Waals surface area contributed by atoms with Crippen LogP contribution in [0.2, 0.25) is 0 Å². The molecule has 0 unspecified atom stereocenters. The summed E-state index contributed by atoms with van der Waals surface area (Å²) in [4.78, 5) is 2.31. The molecular formula is C46H31NO. The summed E-state index contributed by atoms with van der Waals surface area (Å²) >= 11 is 0. The molecule has 2 heteroatoms. The maximum absolute atomic E-state index is 6.18. The van der Waals surface area contributed by atoms with Gasteiger partial charge in [-0.15, -0.1) is 0 Å². The van der Waals surface area contributed by atoms with Gasteiger partial charge in [-0.25, -0.2) is 0 Å². The minimum Gasteiger partial charge on any atom is -0.456 e. The summed E-state index contributed by atoms with van der Waals surface area (Å²) in [7, 11) is 0. The normalized spacial score (nSPS) is 11.3. The van der Waals surface area contributed by atoms with Crippen LogP contribution in [0, 0.1) is 0 Å². The molecule has 0 saturated heterocycles. The maximum Gasteiger partial charge on any atom is 0.136 e. The Morgan fingerprint density at radius 1 is 0.292 bits per heavy atom. The van der Waals surface area contributed by atoms with Crippen LogP contribution in [0.15, 0.2) is 192 Å². The lowest BCUT2D eigenvalue weighted by Crippen LogP contribution is -2.09. The van der Waals surface area contributed by atoms with Crippen molar-refractivity contribution < 1.29 is 4.42 Å². The van der Waals surface area contributed by atoms with Crippen molar-refractivity contribution in [1.29, 1.82) is 0 Å². The SMILES string of the molecule is c1ccc(-c2ccc(-c3ccc(N(c4ccccc4)c4ccc(-c5ccc6cc7c(cc6c5)oc5ccccc57)cc4)cc3)cc2)cc1. The van der Waals surface area contributed by atoms with E-state index in [2.05, 4.69) is 181 Å². The molecule has 0 bridgehead atoms. The van der Waals surface area contributed by atoms with Crippen molar-refractivity contribution in [2.75, 3.05) is 4.90 Å². The van der Waals surface area contributed by atoms with E-state index in [1.807, 2.05) is 12.1 Å². The van der Waals surface area contributed by atoms with Gasteiger partial charge in [0.25, 0.3) is 0 Å². The van der Waals surface area contributed by atoms with E-state index in [0.29, 0.717) is 0 Å². The Hall–Kier alpha value is -6.38. The highest BCUT2D eigenvalue weighted by molar-refractivity contribution is 6.10. The van der Waals surface area contributed by atoms with Crippen LogP contribution < -0.4 is 4.90 Å². The van der Waals surface area contributed by atoms with Crippen LogP contribution in [0.3, 0.4) is 0 Å². The topological polar surface area (TPSA) is 16.4 Å². The molecule has 0 saturated carbocycles. The zero-order chi connectivity index (χ0) is 31.9. The lowest BCUT2D eigenvalue weighted by Gasteiger charge is -2.26. The van der Waals surface area contributed by atoms with E-state index in [9.17, 15) is 0 Å². The summed E-state index contributed by atoms with van der Waals surface area (Å²) in [5.74, 6) is 0. The summed E-state index contributed by atoms with van der Waals surface area (Å²) in [5.41, 5.74) is 12.4. The average molecular weight is 614 g/mol. The van der Waals surface area contributed by atoms with Crippen molar-refractivity contribution in [3.63, 3.8) is 0 Å². The molecule has 2 nitrogen and oxygen atoms in total. The molecular weight excluding hydrogens is 583 g/mol. The van der Waals surface area contributed by atoms with Gasteiger partial charge in [0.2, 0.25) is 0 Å². The molecule has 1 heterocycles. The molecule has 9 rings (SSSR count).